The first-order chi connectivity index (χ1) is 10.3. The van der Waals surface area contributed by atoms with Gasteiger partial charge in [0.2, 0.25) is 5.88 Å². The molecule has 1 aromatic carbocycles. The summed E-state index contributed by atoms with van der Waals surface area (Å²) in [5.74, 6) is 1.52. The minimum atomic E-state index is 0.672. The number of thioether (sulfide) groups is 1. The van der Waals surface area contributed by atoms with Gasteiger partial charge in [0.1, 0.15) is 0 Å². The van der Waals surface area contributed by atoms with Crippen molar-refractivity contribution in [2.45, 2.75) is 30.5 Å². The minimum Gasteiger partial charge on any atom is -0.481 e. The quantitative estimate of drug-likeness (QED) is 0.593. The van der Waals surface area contributed by atoms with Crippen molar-refractivity contribution in [3.63, 3.8) is 0 Å². The molecule has 4 heteroatoms. The molecule has 0 aliphatic heterocycles. The number of methoxy groups -OCH3 is 1. The zero-order valence-electron chi connectivity index (χ0n) is 12.6. The van der Waals surface area contributed by atoms with Crippen molar-refractivity contribution in [3.8, 4) is 5.88 Å². The number of benzene rings is 1. The molecule has 112 valence electrons. The Morgan fingerprint density at radius 3 is 2.86 bits per heavy atom. The molecule has 0 aliphatic rings. The third-order valence-electron chi connectivity index (χ3n) is 3.03. The van der Waals surface area contributed by atoms with Gasteiger partial charge in [-0.3, -0.25) is 0 Å². The summed E-state index contributed by atoms with van der Waals surface area (Å²) in [7, 11) is 1.64. The number of nitrogens with zero attached hydrogens (tertiary/aromatic N) is 1. The van der Waals surface area contributed by atoms with E-state index < -0.39 is 0 Å². The Labute approximate surface area is 131 Å². The molecule has 0 saturated carbocycles. The lowest BCUT2D eigenvalue weighted by Crippen LogP contribution is -2.13. The maximum atomic E-state index is 5.15. The molecular formula is C17H22N2OS. The van der Waals surface area contributed by atoms with Crippen LogP contribution in [0.5, 0.6) is 5.88 Å². The van der Waals surface area contributed by atoms with Crippen molar-refractivity contribution in [2.75, 3.05) is 13.7 Å². The van der Waals surface area contributed by atoms with Gasteiger partial charge in [-0.05, 0) is 36.7 Å². The second kappa shape index (κ2) is 8.70. The van der Waals surface area contributed by atoms with Crippen LogP contribution in [0.1, 0.15) is 24.6 Å². The number of ether oxygens (including phenoxy) is 1. The summed E-state index contributed by atoms with van der Waals surface area (Å²) < 4.78 is 5.15. The highest BCUT2D eigenvalue weighted by molar-refractivity contribution is 7.98. The van der Waals surface area contributed by atoms with Gasteiger partial charge >= 0.3 is 0 Å². The van der Waals surface area contributed by atoms with Crippen molar-refractivity contribution in [1.29, 1.82) is 0 Å². The molecule has 1 aromatic heterocycles. The van der Waals surface area contributed by atoms with Gasteiger partial charge < -0.3 is 10.1 Å². The van der Waals surface area contributed by atoms with Crippen LogP contribution in [0.4, 0.5) is 0 Å². The van der Waals surface area contributed by atoms with Crippen LogP contribution in [-0.4, -0.2) is 18.6 Å². The highest BCUT2D eigenvalue weighted by Crippen LogP contribution is 2.23. The zero-order valence-corrected chi connectivity index (χ0v) is 13.5. The van der Waals surface area contributed by atoms with Crippen LogP contribution in [0.2, 0.25) is 0 Å². The van der Waals surface area contributed by atoms with Crippen molar-refractivity contribution >= 4 is 11.8 Å². The molecule has 3 nitrogen and oxygen atoms in total. The SMILES string of the molecule is CCCNCc1cccc(SCc2cccc(OC)n2)c1. The second-order valence-corrected chi connectivity index (χ2v) is 5.83. The largest absolute Gasteiger partial charge is 0.481 e. The number of aromatic nitrogens is 1. The monoisotopic (exact) mass is 302 g/mol. The molecule has 0 radical (unpaired) electrons. The Balaban J connectivity index is 1.91. The first kappa shape index (κ1) is 15.9. The average molecular weight is 302 g/mol. The van der Waals surface area contributed by atoms with E-state index in [1.54, 1.807) is 18.9 Å². The standard InChI is InChI=1S/C17H22N2OS/c1-3-10-18-12-14-6-4-8-16(11-14)21-13-15-7-5-9-17(19-15)20-2/h4-9,11,18H,3,10,12-13H2,1-2H3. The van der Waals surface area contributed by atoms with E-state index in [4.69, 9.17) is 4.74 Å². The number of hydrogen-bond donors (Lipinski definition) is 1. The lowest BCUT2D eigenvalue weighted by molar-refractivity contribution is 0.397. The molecule has 0 bridgehead atoms. The van der Waals surface area contributed by atoms with Crippen molar-refractivity contribution in [1.82, 2.24) is 10.3 Å². The molecule has 1 N–H and O–H groups in total. The summed E-state index contributed by atoms with van der Waals surface area (Å²) in [5.41, 5.74) is 2.36. The number of pyridine rings is 1. The highest BCUT2D eigenvalue weighted by atomic mass is 32.2. The molecule has 0 unspecified atom stereocenters. The Bertz CT molecular complexity index is 560. The van der Waals surface area contributed by atoms with E-state index in [2.05, 4.69) is 41.5 Å². The second-order valence-electron chi connectivity index (χ2n) is 4.78. The molecule has 0 aliphatic carbocycles. The van der Waals surface area contributed by atoms with Crippen LogP contribution in [0.3, 0.4) is 0 Å². The van der Waals surface area contributed by atoms with Gasteiger partial charge in [-0.15, -0.1) is 11.8 Å². The van der Waals surface area contributed by atoms with Crippen molar-refractivity contribution in [2.24, 2.45) is 0 Å². The maximum absolute atomic E-state index is 5.15. The van der Waals surface area contributed by atoms with Crippen LogP contribution in [0.25, 0.3) is 0 Å². The fraction of sp³-hybridized carbons (Fsp3) is 0.353. The number of nitrogens with one attached hydrogen (secondary N) is 1. The summed E-state index contributed by atoms with van der Waals surface area (Å²) in [6.45, 7) is 4.17. The van der Waals surface area contributed by atoms with Gasteiger partial charge in [-0.2, -0.15) is 0 Å². The molecular weight excluding hydrogens is 280 g/mol. The van der Waals surface area contributed by atoms with Crippen LogP contribution in [0, 0.1) is 0 Å². The highest BCUT2D eigenvalue weighted by Gasteiger charge is 2.01. The van der Waals surface area contributed by atoms with E-state index in [1.807, 2.05) is 18.2 Å². The number of rotatable bonds is 8. The van der Waals surface area contributed by atoms with Gasteiger partial charge in [-0.25, -0.2) is 4.98 Å². The van der Waals surface area contributed by atoms with E-state index in [9.17, 15) is 0 Å². The van der Waals surface area contributed by atoms with E-state index in [0.29, 0.717) is 5.88 Å². The minimum absolute atomic E-state index is 0.672. The summed E-state index contributed by atoms with van der Waals surface area (Å²) >= 11 is 1.80. The first-order valence-corrected chi connectivity index (χ1v) is 8.22. The smallest absolute Gasteiger partial charge is 0.213 e. The summed E-state index contributed by atoms with van der Waals surface area (Å²) in [5, 5.41) is 3.43. The molecule has 2 rings (SSSR count). The topological polar surface area (TPSA) is 34.1 Å². The average Bonchev–Trinajstić information content (AvgIpc) is 2.54. The number of hydrogen-bond acceptors (Lipinski definition) is 4. The maximum Gasteiger partial charge on any atom is 0.213 e. The molecule has 0 saturated heterocycles. The lowest BCUT2D eigenvalue weighted by atomic mass is 10.2. The van der Waals surface area contributed by atoms with Gasteiger partial charge in [0.25, 0.3) is 0 Å². The van der Waals surface area contributed by atoms with Crippen LogP contribution in [-0.2, 0) is 12.3 Å². The van der Waals surface area contributed by atoms with Gasteiger partial charge in [0.05, 0.1) is 12.8 Å². The third kappa shape index (κ3) is 5.40. The molecule has 0 fully saturated rings. The van der Waals surface area contributed by atoms with E-state index in [1.165, 1.54) is 10.5 Å². The third-order valence-corrected chi connectivity index (χ3v) is 4.06. The fourth-order valence-electron chi connectivity index (χ4n) is 1.96. The summed E-state index contributed by atoms with van der Waals surface area (Å²) in [6.07, 6.45) is 1.16. The normalized spacial score (nSPS) is 10.6. The molecule has 21 heavy (non-hydrogen) atoms. The summed E-state index contributed by atoms with van der Waals surface area (Å²) in [6, 6.07) is 14.5. The van der Waals surface area contributed by atoms with Crippen LogP contribution >= 0.6 is 11.8 Å². The molecule has 0 atom stereocenters. The predicted molar refractivity (Wildman–Crippen MR) is 88.8 cm³/mol. The van der Waals surface area contributed by atoms with Crippen molar-refractivity contribution < 1.29 is 4.74 Å². The lowest BCUT2D eigenvalue weighted by Gasteiger charge is -2.07. The van der Waals surface area contributed by atoms with Gasteiger partial charge in [-0.1, -0.05) is 25.1 Å². The Morgan fingerprint density at radius 2 is 2.05 bits per heavy atom. The van der Waals surface area contributed by atoms with Crippen molar-refractivity contribution in [3.05, 3.63) is 53.7 Å². The van der Waals surface area contributed by atoms with Crippen LogP contribution < -0.4 is 10.1 Å². The molecule has 0 amide bonds. The summed E-state index contributed by atoms with van der Waals surface area (Å²) in [4.78, 5) is 5.71. The van der Waals surface area contributed by atoms with Gasteiger partial charge in [0, 0.05) is 23.3 Å². The Kier molecular flexibility index (Phi) is 6.57. The fourth-order valence-corrected chi connectivity index (χ4v) is 2.85. The molecule has 2 aromatic rings. The zero-order chi connectivity index (χ0) is 14.9. The first-order valence-electron chi connectivity index (χ1n) is 7.24. The van der Waals surface area contributed by atoms with E-state index in [-0.39, 0.29) is 0 Å². The van der Waals surface area contributed by atoms with Gasteiger partial charge in [0.15, 0.2) is 0 Å². The van der Waals surface area contributed by atoms with E-state index in [0.717, 1.165) is 31.0 Å². The van der Waals surface area contributed by atoms with Crippen LogP contribution in [0.15, 0.2) is 47.4 Å². The molecule has 0 spiro atoms. The van der Waals surface area contributed by atoms with E-state index >= 15 is 0 Å². The Morgan fingerprint density at radius 1 is 1.19 bits per heavy atom. The molecule has 1 heterocycles. The predicted octanol–water partition coefficient (Wildman–Crippen LogP) is 3.88. The Hall–Kier alpha value is -1.52.